The van der Waals surface area contributed by atoms with Crippen LogP contribution < -0.4 is 0 Å². The first-order valence-electron chi connectivity index (χ1n) is 7.29. The maximum Gasteiger partial charge on any atom is 0.0734 e. The van der Waals surface area contributed by atoms with Crippen LogP contribution in [0.1, 0.15) is 25.0 Å². The summed E-state index contributed by atoms with van der Waals surface area (Å²) in [6.07, 6.45) is 4.75. The molecule has 0 fully saturated rings. The molecule has 1 heterocycles. The highest BCUT2D eigenvalue weighted by Gasteiger charge is 2.48. The van der Waals surface area contributed by atoms with E-state index in [4.69, 9.17) is 0 Å². The van der Waals surface area contributed by atoms with E-state index in [1.165, 1.54) is 22.3 Å². The first kappa shape index (κ1) is 12.3. The highest BCUT2D eigenvalue weighted by Crippen LogP contribution is 2.61. The van der Waals surface area contributed by atoms with Gasteiger partial charge < -0.3 is 0 Å². The Morgan fingerprint density at radius 3 is 1.95 bits per heavy atom. The average molecular weight is 278 g/mol. The summed E-state index contributed by atoms with van der Waals surface area (Å²) in [5.74, 6) is 0.522. The lowest BCUT2D eigenvalue weighted by molar-refractivity contribution is 0.572. The molecule has 1 aliphatic heterocycles. The third kappa shape index (κ3) is 1.44. The van der Waals surface area contributed by atoms with Crippen molar-refractivity contribution in [2.45, 2.75) is 23.8 Å². The molecule has 1 aliphatic carbocycles. The fourth-order valence-electron chi connectivity index (χ4n) is 3.74. The monoisotopic (exact) mass is 278 g/mol. The number of rotatable bonds is 0. The van der Waals surface area contributed by atoms with Crippen LogP contribution in [0.25, 0.3) is 11.1 Å². The molecule has 0 saturated heterocycles. The van der Waals surface area contributed by atoms with Gasteiger partial charge in [-0.15, -0.1) is 11.8 Å². The van der Waals surface area contributed by atoms with Gasteiger partial charge in [0.15, 0.2) is 0 Å². The Morgan fingerprint density at radius 1 is 0.800 bits per heavy atom. The van der Waals surface area contributed by atoms with E-state index in [1.807, 2.05) is 0 Å². The molecule has 4 rings (SSSR count). The molecule has 0 N–H and O–H groups in total. The molecule has 0 aromatic heterocycles. The second-order valence-corrected chi connectivity index (χ2v) is 7.45. The van der Waals surface area contributed by atoms with Crippen molar-refractivity contribution in [3.05, 3.63) is 71.8 Å². The van der Waals surface area contributed by atoms with Gasteiger partial charge in [-0.25, -0.2) is 0 Å². The molecule has 2 aromatic rings. The van der Waals surface area contributed by atoms with Gasteiger partial charge in [0.25, 0.3) is 0 Å². The summed E-state index contributed by atoms with van der Waals surface area (Å²) in [5, 5.41) is 0.561. The van der Waals surface area contributed by atoms with Crippen LogP contribution in [0.3, 0.4) is 0 Å². The summed E-state index contributed by atoms with van der Waals surface area (Å²) in [4.78, 5) is 0. The number of benzene rings is 2. The van der Waals surface area contributed by atoms with Crippen molar-refractivity contribution in [3.63, 3.8) is 0 Å². The van der Waals surface area contributed by atoms with E-state index < -0.39 is 0 Å². The summed E-state index contributed by atoms with van der Waals surface area (Å²) in [7, 11) is 0. The van der Waals surface area contributed by atoms with E-state index in [9.17, 15) is 0 Å². The molecule has 0 bridgehead atoms. The van der Waals surface area contributed by atoms with Crippen LogP contribution in [0.5, 0.6) is 0 Å². The van der Waals surface area contributed by atoms with Crippen LogP contribution in [0.2, 0.25) is 0 Å². The number of hydrogen-bond acceptors (Lipinski definition) is 1. The minimum atomic E-state index is 0.0986. The van der Waals surface area contributed by atoms with Crippen LogP contribution in [0.4, 0.5) is 0 Å². The molecular weight excluding hydrogens is 260 g/mol. The van der Waals surface area contributed by atoms with Gasteiger partial charge in [-0.1, -0.05) is 67.6 Å². The van der Waals surface area contributed by atoms with Gasteiger partial charge >= 0.3 is 0 Å². The molecule has 0 nitrogen and oxygen atoms in total. The molecule has 0 radical (unpaired) electrons. The summed E-state index contributed by atoms with van der Waals surface area (Å²) in [5.41, 5.74) is 5.83. The van der Waals surface area contributed by atoms with E-state index in [0.717, 1.165) is 0 Å². The molecule has 0 saturated carbocycles. The number of fused-ring (bicyclic) bond motifs is 5. The highest BCUT2D eigenvalue weighted by molar-refractivity contribution is 8.01. The van der Waals surface area contributed by atoms with Gasteiger partial charge in [0.1, 0.15) is 0 Å². The van der Waals surface area contributed by atoms with E-state index in [-0.39, 0.29) is 4.75 Å². The lowest BCUT2D eigenvalue weighted by Gasteiger charge is -2.40. The van der Waals surface area contributed by atoms with Crippen LogP contribution in [0, 0.1) is 5.92 Å². The van der Waals surface area contributed by atoms with Crippen molar-refractivity contribution < 1.29 is 0 Å². The SMILES string of the molecule is CC1C=CC(C)C2(S1)c1ccccc1-c1ccccc12. The molecule has 1 spiro atoms. The van der Waals surface area contributed by atoms with E-state index >= 15 is 0 Å². The predicted octanol–water partition coefficient (Wildman–Crippen LogP) is 5.24. The Bertz CT molecular complexity index is 653. The minimum Gasteiger partial charge on any atom is -0.138 e. The standard InChI is InChI=1S/C19H18S/c1-13-11-12-14(2)20-19(13)17-9-5-3-7-15(17)16-8-4-6-10-18(16)19/h3-14H,1-2H3. The Labute approximate surface area is 124 Å². The zero-order valence-electron chi connectivity index (χ0n) is 11.8. The molecule has 2 aromatic carbocycles. The molecule has 1 heteroatoms. The first-order valence-corrected chi connectivity index (χ1v) is 8.17. The van der Waals surface area contributed by atoms with Gasteiger partial charge in [-0.2, -0.15) is 0 Å². The summed E-state index contributed by atoms with van der Waals surface area (Å²) >= 11 is 2.10. The normalized spacial score (nSPS) is 25.5. The summed E-state index contributed by atoms with van der Waals surface area (Å²) < 4.78 is 0.0986. The van der Waals surface area contributed by atoms with Crippen molar-refractivity contribution in [2.24, 2.45) is 5.92 Å². The maximum absolute atomic E-state index is 2.40. The smallest absolute Gasteiger partial charge is 0.0734 e. The number of hydrogen-bond donors (Lipinski definition) is 0. The lowest BCUT2D eigenvalue weighted by Crippen LogP contribution is -2.32. The lowest BCUT2D eigenvalue weighted by atomic mass is 9.83. The Morgan fingerprint density at radius 2 is 1.35 bits per heavy atom. The van der Waals surface area contributed by atoms with Gasteiger partial charge in [0.2, 0.25) is 0 Å². The van der Waals surface area contributed by atoms with Crippen molar-refractivity contribution in [2.75, 3.05) is 0 Å². The maximum atomic E-state index is 2.40. The largest absolute Gasteiger partial charge is 0.138 e. The van der Waals surface area contributed by atoms with Crippen molar-refractivity contribution in [1.82, 2.24) is 0 Å². The number of allylic oxidation sites excluding steroid dienone is 1. The number of thioether (sulfide) groups is 1. The van der Waals surface area contributed by atoms with E-state index in [2.05, 4.69) is 86.3 Å². The van der Waals surface area contributed by atoms with Crippen molar-refractivity contribution in [1.29, 1.82) is 0 Å². The molecule has 0 amide bonds. The third-order valence-electron chi connectivity index (χ3n) is 4.63. The zero-order valence-corrected chi connectivity index (χ0v) is 12.7. The molecule has 2 atom stereocenters. The Balaban J connectivity index is 2.07. The first-order chi connectivity index (χ1) is 9.73. The molecular formula is C19H18S. The van der Waals surface area contributed by atoms with Gasteiger partial charge in [0.05, 0.1) is 4.75 Å². The summed E-state index contributed by atoms with van der Waals surface area (Å²) in [6, 6.07) is 17.9. The minimum absolute atomic E-state index is 0.0986. The Hall–Kier alpha value is -1.47. The van der Waals surface area contributed by atoms with Crippen LogP contribution in [-0.4, -0.2) is 5.25 Å². The fourth-order valence-corrected chi connectivity index (χ4v) is 5.40. The second kappa shape index (κ2) is 4.26. The van der Waals surface area contributed by atoms with E-state index in [1.54, 1.807) is 0 Å². The average Bonchev–Trinajstić information content (AvgIpc) is 2.76. The van der Waals surface area contributed by atoms with Crippen LogP contribution in [-0.2, 0) is 4.75 Å². The fraction of sp³-hybridized carbons (Fsp3) is 0.263. The Kier molecular flexibility index (Phi) is 2.62. The molecule has 2 aliphatic rings. The highest BCUT2D eigenvalue weighted by atomic mass is 32.2. The topological polar surface area (TPSA) is 0 Å². The van der Waals surface area contributed by atoms with Gasteiger partial charge in [0, 0.05) is 5.25 Å². The van der Waals surface area contributed by atoms with E-state index in [0.29, 0.717) is 11.2 Å². The van der Waals surface area contributed by atoms with Crippen LogP contribution >= 0.6 is 11.8 Å². The quantitative estimate of drug-likeness (QED) is 0.594. The second-order valence-electron chi connectivity index (χ2n) is 5.82. The van der Waals surface area contributed by atoms with Gasteiger partial charge in [-0.3, -0.25) is 0 Å². The van der Waals surface area contributed by atoms with Crippen molar-refractivity contribution >= 4 is 11.8 Å². The molecule has 100 valence electrons. The van der Waals surface area contributed by atoms with Crippen LogP contribution in [0.15, 0.2) is 60.7 Å². The van der Waals surface area contributed by atoms with Gasteiger partial charge in [-0.05, 0) is 35.1 Å². The molecule has 20 heavy (non-hydrogen) atoms. The predicted molar refractivity (Wildman–Crippen MR) is 88.0 cm³/mol. The van der Waals surface area contributed by atoms with Crippen molar-refractivity contribution in [3.8, 4) is 11.1 Å². The third-order valence-corrected chi connectivity index (χ3v) is 6.34. The summed E-state index contributed by atoms with van der Waals surface area (Å²) in [6.45, 7) is 4.66. The molecule has 2 unspecified atom stereocenters. The zero-order chi connectivity index (χ0) is 13.7.